The minimum Gasteiger partial charge on any atom is -0.342 e. The van der Waals surface area contributed by atoms with Crippen molar-refractivity contribution in [1.82, 2.24) is 9.47 Å². The maximum Gasteiger partial charge on any atom is 0.454 e. The van der Waals surface area contributed by atoms with Crippen LogP contribution >= 0.6 is 0 Å². The Bertz CT molecular complexity index is 774. The lowest BCUT2D eigenvalue weighted by Gasteiger charge is -2.20. The van der Waals surface area contributed by atoms with Crippen LogP contribution in [0.3, 0.4) is 0 Å². The Labute approximate surface area is 137 Å². The molecule has 0 unspecified atom stereocenters. The molecule has 0 saturated carbocycles. The van der Waals surface area contributed by atoms with Crippen molar-refractivity contribution >= 4 is 22.6 Å². The molecule has 0 saturated heterocycles. The third-order valence-corrected chi connectivity index (χ3v) is 4.12. The lowest BCUT2D eigenvalue weighted by atomic mass is 10.1. The van der Waals surface area contributed by atoms with Crippen LogP contribution in [-0.4, -0.2) is 40.4 Å². The molecule has 0 atom stereocenters. The molecule has 0 aliphatic carbocycles. The van der Waals surface area contributed by atoms with E-state index in [1.165, 1.54) is 17.6 Å². The summed E-state index contributed by atoms with van der Waals surface area (Å²) in [6, 6.07) is 6.33. The molecule has 0 fully saturated rings. The molecule has 0 bridgehead atoms. The van der Waals surface area contributed by atoms with E-state index in [9.17, 15) is 22.8 Å². The predicted octanol–water partition coefficient (Wildman–Crippen LogP) is 3.56. The Morgan fingerprint density at radius 2 is 1.71 bits per heavy atom. The van der Waals surface area contributed by atoms with Crippen LogP contribution in [0, 0.1) is 6.92 Å². The number of ketones is 1. The summed E-state index contributed by atoms with van der Waals surface area (Å²) in [4.78, 5) is 25.8. The average molecular weight is 340 g/mol. The minimum atomic E-state index is -4.96. The van der Waals surface area contributed by atoms with Crippen LogP contribution in [0.2, 0.25) is 0 Å². The number of carbonyl (C=O) groups is 2. The van der Waals surface area contributed by atoms with Crippen molar-refractivity contribution in [2.45, 2.75) is 33.5 Å². The number of carbonyl (C=O) groups excluding carboxylic acids is 2. The Hall–Kier alpha value is -2.31. The number of aromatic nitrogens is 1. The molecule has 0 aliphatic rings. The third-order valence-electron chi connectivity index (χ3n) is 4.12. The molecule has 1 aromatic heterocycles. The molecule has 1 amide bonds. The van der Waals surface area contributed by atoms with Crippen LogP contribution in [0.4, 0.5) is 13.2 Å². The summed E-state index contributed by atoms with van der Waals surface area (Å²) in [7, 11) is 0. The molecule has 2 rings (SSSR count). The quantitative estimate of drug-likeness (QED) is 0.781. The number of fused-ring (bicyclic) bond motifs is 1. The van der Waals surface area contributed by atoms with E-state index in [0.717, 1.165) is 0 Å². The predicted molar refractivity (Wildman–Crippen MR) is 85.0 cm³/mol. The monoisotopic (exact) mass is 340 g/mol. The SMILES string of the molecule is CCN(CC)C(=O)Cn1c(C)c(C(=O)C(F)(F)F)c2ccccc21. The maximum absolute atomic E-state index is 12.9. The molecular weight excluding hydrogens is 321 g/mol. The van der Waals surface area contributed by atoms with Crippen molar-refractivity contribution < 1.29 is 22.8 Å². The van der Waals surface area contributed by atoms with E-state index in [4.69, 9.17) is 0 Å². The van der Waals surface area contributed by atoms with E-state index in [1.54, 1.807) is 23.1 Å². The number of amides is 1. The first-order chi connectivity index (χ1) is 11.2. The smallest absolute Gasteiger partial charge is 0.342 e. The van der Waals surface area contributed by atoms with E-state index in [2.05, 4.69) is 0 Å². The summed E-state index contributed by atoms with van der Waals surface area (Å²) in [6.07, 6.45) is -4.96. The summed E-state index contributed by atoms with van der Waals surface area (Å²) in [5.74, 6) is -2.08. The van der Waals surface area contributed by atoms with Crippen LogP contribution in [0.15, 0.2) is 24.3 Å². The average Bonchev–Trinajstić information content (AvgIpc) is 2.79. The van der Waals surface area contributed by atoms with Crippen molar-refractivity contribution in [3.63, 3.8) is 0 Å². The van der Waals surface area contributed by atoms with Crippen LogP contribution in [0.25, 0.3) is 10.9 Å². The highest BCUT2D eigenvalue weighted by Crippen LogP contribution is 2.31. The van der Waals surface area contributed by atoms with Gasteiger partial charge in [-0.25, -0.2) is 0 Å². The lowest BCUT2D eigenvalue weighted by Crippen LogP contribution is -2.33. The fourth-order valence-corrected chi connectivity index (χ4v) is 2.87. The van der Waals surface area contributed by atoms with Crippen LogP contribution in [0.1, 0.15) is 29.9 Å². The summed E-state index contributed by atoms with van der Waals surface area (Å²) < 4.78 is 40.2. The molecule has 24 heavy (non-hydrogen) atoms. The van der Waals surface area contributed by atoms with Gasteiger partial charge in [-0.15, -0.1) is 0 Å². The van der Waals surface area contributed by atoms with Gasteiger partial charge in [0.15, 0.2) is 0 Å². The first-order valence-electron chi connectivity index (χ1n) is 7.69. The first kappa shape index (κ1) is 18.0. The minimum absolute atomic E-state index is 0.0981. The van der Waals surface area contributed by atoms with Gasteiger partial charge in [-0.3, -0.25) is 9.59 Å². The number of para-hydroxylation sites is 1. The zero-order chi connectivity index (χ0) is 18.1. The molecule has 0 N–H and O–H groups in total. The van der Waals surface area contributed by atoms with Crippen molar-refractivity contribution in [3.8, 4) is 0 Å². The summed E-state index contributed by atoms with van der Waals surface area (Å²) >= 11 is 0. The van der Waals surface area contributed by atoms with Gasteiger partial charge in [0.1, 0.15) is 6.54 Å². The number of hydrogen-bond acceptors (Lipinski definition) is 2. The summed E-state index contributed by atoms with van der Waals surface area (Å²) in [6.45, 7) is 6.04. The van der Waals surface area contributed by atoms with E-state index < -0.39 is 12.0 Å². The lowest BCUT2D eigenvalue weighted by molar-refractivity contribution is -0.131. The van der Waals surface area contributed by atoms with Gasteiger partial charge in [-0.05, 0) is 26.8 Å². The van der Waals surface area contributed by atoms with Gasteiger partial charge < -0.3 is 9.47 Å². The number of nitrogens with zero attached hydrogens (tertiary/aromatic N) is 2. The zero-order valence-corrected chi connectivity index (χ0v) is 13.8. The van der Waals surface area contributed by atoms with Gasteiger partial charge in [0.2, 0.25) is 5.91 Å². The molecule has 0 spiro atoms. The van der Waals surface area contributed by atoms with Gasteiger partial charge >= 0.3 is 6.18 Å². The number of Topliss-reactive ketones (excluding diaryl/α,β-unsaturated/α-hetero) is 1. The molecular formula is C17H19F3N2O2. The van der Waals surface area contributed by atoms with E-state index in [1.807, 2.05) is 13.8 Å². The van der Waals surface area contributed by atoms with Crippen molar-refractivity contribution in [2.24, 2.45) is 0 Å². The molecule has 130 valence electrons. The Balaban J connectivity index is 2.58. The van der Waals surface area contributed by atoms with Crippen LogP contribution in [-0.2, 0) is 11.3 Å². The summed E-state index contributed by atoms with van der Waals surface area (Å²) in [5.41, 5.74) is 0.215. The first-order valence-corrected chi connectivity index (χ1v) is 7.69. The van der Waals surface area contributed by atoms with Crippen LogP contribution in [0.5, 0.6) is 0 Å². The fourth-order valence-electron chi connectivity index (χ4n) is 2.87. The largest absolute Gasteiger partial charge is 0.454 e. The van der Waals surface area contributed by atoms with Crippen molar-refractivity contribution in [1.29, 1.82) is 0 Å². The Morgan fingerprint density at radius 1 is 1.12 bits per heavy atom. The molecule has 4 nitrogen and oxygen atoms in total. The molecule has 0 aliphatic heterocycles. The van der Waals surface area contributed by atoms with E-state index in [-0.39, 0.29) is 29.1 Å². The van der Waals surface area contributed by atoms with Gasteiger partial charge in [0.05, 0.1) is 5.56 Å². The van der Waals surface area contributed by atoms with Gasteiger partial charge in [0.25, 0.3) is 5.78 Å². The van der Waals surface area contributed by atoms with Gasteiger partial charge in [-0.2, -0.15) is 13.2 Å². The number of halogens is 3. The molecule has 2 aromatic rings. The second kappa shape index (κ2) is 6.67. The van der Waals surface area contributed by atoms with Crippen molar-refractivity contribution in [2.75, 3.05) is 13.1 Å². The molecule has 0 radical (unpaired) electrons. The highest BCUT2D eigenvalue weighted by atomic mass is 19.4. The van der Waals surface area contributed by atoms with E-state index in [0.29, 0.717) is 18.6 Å². The standard InChI is InChI=1S/C17H19F3N2O2/c1-4-21(5-2)14(23)10-22-11(3)15(16(24)17(18,19)20)12-8-6-7-9-13(12)22/h6-9H,4-5,10H2,1-3H3. The van der Waals surface area contributed by atoms with Crippen molar-refractivity contribution in [3.05, 3.63) is 35.5 Å². The second-order valence-electron chi connectivity index (χ2n) is 5.46. The number of rotatable bonds is 5. The molecule has 1 aromatic carbocycles. The molecule has 1 heterocycles. The van der Waals surface area contributed by atoms with Gasteiger partial charge in [-0.1, -0.05) is 18.2 Å². The van der Waals surface area contributed by atoms with E-state index >= 15 is 0 Å². The number of likely N-dealkylation sites (N-methyl/N-ethyl adjacent to an activating group) is 1. The zero-order valence-electron chi connectivity index (χ0n) is 13.8. The normalized spacial score (nSPS) is 11.8. The highest BCUT2D eigenvalue weighted by Gasteiger charge is 2.42. The highest BCUT2D eigenvalue weighted by molar-refractivity contribution is 6.12. The van der Waals surface area contributed by atoms with Crippen LogP contribution < -0.4 is 0 Å². The second-order valence-corrected chi connectivity index (χ2v) is 5.46. The number of benzene rings is 1. The Kier molecular flexibility index (Phi) is 5.01. The topological polar surface area (TPSA) is 42.3 Å². The fraction of sp³-hybridized carbons (Fsp3) is 0.412. The number of hydrogen-bond donors (Lipinski definition) is 0. The Morgan fingerprint density at radius 3 is 2.25 bits per heavy atom. The van der Waals surface area contributed by atoms with Gasteiger partial charge in [0, 0.05) is 29.7 Å². The maximum atomic E-state index is 12.9. The summed E-state index contributed by atoms with van der Waals surface area (Å²) in [5, 5.41) is 0.213. The number of alkyl halides is 3. The third kappa shape index (κ3) is 3.16. The molecule has 7 heteroatoms.